The van der Waals surface area contributed by atoms with Crippen molar-refractivity contribution in [2.45, 2.75) is 12.8 Å². The number of aryl methyl sites for hydroxylation is 1. The van der Waals surface area contributed by atoms with Crippen LogP contribution in [-0.2, 0) is 6.42 Å². The van der Waals surface area contributed by atoms with Crippen LogP contribution >= 0.6 is 0 Å². The molecule has 3 rings (SSSR count). The lowest BCUT2D eigenvalue weighted by atomic mass is 9.99. The van der Waals surface area contributed by atoms with Crippen LogP contribution in [-0.4, -0.2) is 10.2 Å². The van der Waals surface area contributed by atoms with Crippen LogP contribution in [0.25, 0.3) is 16.7 Å². The molecule has 0 amide bonds. The number of hydrogen-bond acceptors (Lipinski definition) is 3. The van der Waals surface area contributed by atoms with Gasteiger partial charge in [0.25, 0.3) is 0 Å². The van der Waals surface area contributed by atoms with Gasteiger partial charge in [0.2, 0.25) is 0 Å². The van der Waals surface area contributed by atoms with E-state index in [9.17, 15) is 10.2 Å². The average Bonchev–Trinajstić information content (AvgIpc) is 2.62. The van der Waals surface area contributed by atoms with Gasteiger partial charge < -0.3 is 14.6 Å². The highest BCUT2D eigenvalue weighted by Gasteiger charge is 2.24. The van der Waals surface area contributed by atoms with E-state index in [4.69, 9.17) is 4.42 Å². The normalized spacial score (nSPS) is 15.7. The number of furan rings is 1. The van der Waals surface area contributed by atoms with E-state index in [1.807, 2.05) is 24.3 Å². The highest BCUT2D eigenvalue weighted by atomic mass is 16.3. The molecule has 0 aliphatic heterocycles. The molecule has 0 bridgehead atoms. The molecule has 3 nitrogen and oxygen atoms in total. The van der Waals surface area contributed by atoms with E-state index in [0.717, 1.165) is 16.7 Å². The maximum absolute atomic E-state index is 9.79. The molecule has 0 saturated heterocycles. The molecule has 0 radical (unpaired) electrons. The standard InChI is InChI=1S/C12H10O3/c13-8-5-6-10-11(12(8)14)7-3-1-2-4-9(7)15-10/h1-4,13-14H,5-6H2. The Bertz CT molecular complexity index is 563. The van der Waals surface area contributed by atoms with Gasteiger partial charge in [-0.25, -0.2) is 0 Å². The fourth-order valence-corrected chi connectivity index (χ4v) is 2.03. The molecule has 0 fully saturated rings. The van der Waals surface area contributed by atoms with Crippen molar-refractivity contribution >= 4 is 16.7 Å². The minimum absolute atomic E-state index is 0.0406. The largest absolute Gasteiger partial charge is 0.508 e. The van der Waals surface area contributed by atoms with Gasteiger partial charge in [-0.05, 0) is 6.07 Å². The molecule has 15 heavy (non-hydrogen) atoms. The number of hydrogen-bond donors (Lipinski definition) is 2. The number of para-hydroxylation sites is 1. The number of rotatable bonds is 0. The number of allylic oxidation sites excluding steroid dienone is 1. The molecule has 76 valence electrons. The van der Waals surface area contributed by atoms with Crippen LogP contribution in [0.4, 0.5) is 0 Å². The summed E-state index contributed by atoms with van der Waals surface area (Å²) in [5.74, 6) is 0.766. The van der Waals surface area contributed by atoms with E-state index >= 15 is 0 Å². The first-order valence-corrected chi connectivity index (χ1v) is 4.89. The fourth-order valence-electron chi connectivity index (χ4n) is 2.03. The first-order chi connectivity index (χ1) is 7.27. The second-order valence-electron chi connectivity index (χ2n) is 3.69. The third kappa shape index (κ3) is 1.06. The molecule has 1 aliphatic rings. The van der Waals surface area contributed by atoms with Gasteiger partial charge in [0.15, 0.2) is 5.76 Å². The highest BCUT2D eigenvalue weighted by Crippen LogP contribution is 2.36. The molecular weight excluding hydrogens is 192 g/mol. The quantitative estimate of drug-likeness (QED) is 0.689. The number of aliphatic hydroxyl groups is 2. The van der Waals surface area contributed by atoms with E-state index in [1.165, 1.54) is 0 Å². The third-order valence-corrected chi connectivity index (χ3v) is 2.77. The van der Waals surface area contributed by atoms with Crippen LogP contribution in [0.1, 0.15) is 17.7 Å². The predicted octanol–water partition coefficient (Wildman–Crippen LogP) is 3.16. The van der Waals surface area contributed by atoms with Crippen molar-refractivity contribution in [3.05, 3.63) is 41.3 Å². The minimum Gasteiger partial charge on any atom is -0.508 e. The van der Waals surface area contributed by atoms with Gasteiger partial charge in [-0.15, -0.1) is 0 Å². The third-order valence-electron chi connectivity index (χ3n) is 2.77. The molecule has 1 aromatic heterocycles. The lowest BCUT2D eigenvalue weighted by molar-refractivity contribution is 0.348. The summed E-state index contributed by atoms with van der Waals surface area (Å²) in [7, 11) is 0. The number of benzene rings is 1. The van der Waals surface area contributed by atoms with Gasteiger partial charge in [0.1, 0.15) is 17.1 Å². The van der Waals surface area contributed by atoms with Gasteiger partial charge in [0, 0.05) is 18.2 Å². The Hall–Kier alpha value is -1.90. The first kappa shape index (κ1) is 8.41. The summed E-state index contributed by atoms with van der Waals surface area (Å²) in [6.45, 7) is 0. The zero-order chi connectivity index (χ0) is 10.4. The van der Waals surface area contributed by atoms with Crippen LogP contribution in [0.2, 0.25) is 0 Å². The highest BCUT2D eigenvalue weighted by molar-refractivity contribution is 5.91. The van der Waals surface area contributed by atoms with Crippen molar-refractivity contribution < 1.29 is 14.6 Å². The predicted molar refractivity (Wildman–Crippen MR) is 56.7 cm³/mol. The average molecular weight is 202 g/mol. The van der Waals surface area contributed by atoms with Gasteiger partial charge in [-0.1, -0.05) is 18.2 Å². The van der Waals surface area contributed by atoms with Crippen LogP contribution in [0.3, 0.4) is 0 Å². The van der Waals surface area contributed by atoms with Crippen LogP contribution in [0.15, 0.2) is 34.4 Å². The SMILES string of the molecule is OC1=C(O)c2c(oc3ccccc23)CC1. The van der Waals surface area contributed by atoms with Crippen LogP contribution in [0, 0.1) is 0 Å². The summed E-state index contributed by atoms with van der Waals surface area (Å²) in [4.78, 5) is 0. The van der Waals surface area contributed by atoms with Crippen molar-refractivity contribution in [2.24, 2.45) is 0 Å². The Morgan fingerprint density at radius 3 is 2.73 bits per heavy atom. The van der Waals surface area contributed by atoms with E-state index in [0.29, 0.717) is 18.4 Å². The second kappa shape index (κ2) is 2.79. The topological polar surface area (TPSA) is 53.6 Å². The molecule has 0 atom stereocenters. The smallest absolute Gasteiger partial charge is 0.164 e. The summed E-state index contributed by atoms with van der Waals surface area (Å²) in [6.07, 6.45) is 1.08. The van der Waals surface area contributed by atoms with E-state index < -0.39 is 0 Å². The molecule has 0 saturated carbocycles. The zero-order valence-electron chi connectivity index (χ0n) is 8.03. The Morgan fingerprint density at radius 1 is 1.07 bits per heavy atom. The van der Waals surface area contributed by atoms with Crippen molar-refractivity contribution in [2.75, 3.05) is 0 Å². The molecule has 3 heteroatoms. The van der Waals surface area contributed by atoms with Gasteiger partial charge in [-0.3, -0.25) is 0 Å². The van der Waals surface area contributed by atoms with E-state index in [-0.39, 0.29) is 11.5 Å². The van der Waals surface area contributed by atoms with Gasteiger partial charge in [-0.2, -0.15) is 0 Å². The lowest BCUT2D eigenvalue weighted by Gasteiger charge is -2.10. The minimum atomic E-state index is -0.0406. The van der Waals surface area contributed by atoms with E-state index in [1.54, 1.807) is 0 Å². The second-order valence-corrected chi connectivity index (χ2v) is 3.69. The number of aliphatic hydroxyl groups excluding tert-OH is 2. The van der Waals surface area contributed by atoms with Gasteiger partial charge in [0.05, 0.1) is 5.56 Å². The number of fused-ring (bicyclic) bond motifs is 3. The summed E-state index contributed by atoms with van der Waals surface area (Å²) in [5, 5.41) is 20.1. The Labute approximate surface area is 86.3 Å². The summed E-state index contributed by atoms with van der Waals surface area (Å²) in [5.41, 5.74) is 1.40. The summed E-state index contributed by atoms with van der Waals surface area (Å²) < 4.78 is 5.60. The summed E-state index contributed by atoms with van der Waals surface area (Å²) >= 11 is 0. The summed E-state index contributed by atoms with van der Waals surface area (Å²) in [6, 6.07) is 7.51. The van der Waals surface area contributed by atoms with E-state index in [2.05, 4.69) is 0 Å². The van der Waals surface area contributed by atoms with Crippen molar-refractivity contribution in [1.29, 1.82) is 0 Å². The zero-order valence-corrected chi connectivity index (χ0v) is 8.03. The first-order valence-electron chi connectivity index (χ1n) is 4.89. The molecule has 1 aromatic carbocycles. The van der Waals surface area contributed by atoms with Crippen LogP contribution < -0.4 is 0 Å². The van der Waals surface area contributed by atoms with Crippen LogP contribution in [0.5, 0.6) is 0 Å². The maximum atomic E-state index is 9.79. The fraction of sp³-hybridized carbons (Fsp3) is 0.167. The molecular formula is C12H10O3. The Balaban J connectivity index is 2.41. The molecule has 2 N–H and O–H groups in total. The van der Waals surface area contributed by atoms with Gasteiger partial charge >= 0.3 is 0 Å². The monoisotopic (exact) mass is 202 g/mol. The maximum Gasteiger partial charge on any atom is 0.164 e. The molecule has 1 aliphatic carbocycles. The van der Waals surface area contributed by atoms with Crippen molar-refractivity contribution in [1.82, 2.24) is 0 Å². The Kier molecular flexibility index (Phi) is 1.57. The molecule has 0 unspecified atom stereocenters. The van der Waals surface area contributed by atoms with Crippen molar-refractivity contribution in [3.8, 4) is 0 Å². The molecule has 1 heterocycles. The lowest BCUT2D eigenvalue weighted by Crippen LogP contribution is -2.01. The Morgan fingerprint density at radius 2 is 1.87 bits per heavy atom. The molecule has 0 spiro atoms. The van der Waals surface area contributed by atoms with Crippen molar-refractivity contribution in [3.63, 3.8) is 0 Å². The molecule has 2 aromatic rings.